The van der Waals surface area contributed by atoms with Crippen LogP contribution in [0.25, 0.3) is 0 Å². The zero-order valence-electron chi connectivity index (χ0n) is 13.0. The van der Waals surface area contributed by atoms with Crippen molar-refractivity contribution >= 4 is 29.4 Å². The molecule has 2 aromatic rings. The van der Waals surface area contributed by atoms with Gasteiger partial charge in [-0.25, -0.2) is 9.18 Å². The summed E-state index contributed by atoms with van der Waals surface area (Å²) in [5, 5.41) is 14.4. The first-order valence-electron chi connectivity index (χ1n) is 7.56. The molecule has 4 rings (SSSR count). The zero-order chi connectivity index (χ0) is 18.6. The van der Waals surface area contributed by atoms with Gasteiger partial charge in [-0.15, -0.1) is 0 Å². The predicted molar refractivity (Wildman–Crippen MR) is 87.7 cm³/mol. The number of phenols is 1. The van der Waals surface area contributed by atoms with Crippen LogP contribution in [0.2, 0.25) is 5.02 Å². The van der Waals surface area contributed by atoms with Crippen molar-refractivity contribution in [2.24, 2.45) is 0 Å². The summed E-state index contributed by atoms with van der Waals surface area (Å²) in [6, 6.07) is 6.77. The first kappa shape index (κ1) is 16.3. The molecule has 0 unspecified atom stereocenters. The summed E-state index contributed by atoms with van der Waals surface area (Å²) in [4.78, 5) is 38.6. The minimum atomic E-state index is -1.83. The average Bonchev–Trinajstić information content (AvgIpc) is 3.06. The monoisotopic (exact) mass is 375 g/mol. The van der Waals surface area contributed by atoms with Crippen LogP contribution in [-0.2, 0) is 17.0 Å². The largest absolute Gasteiger partial charge is 0.506 e. The van der Waals surface area contributed by atoms with E-state index in [4.69, 9.17) is 11.6 Å². The van der Waals surface area contributed by atoms with Gasteiger partial charge in [0, 0.05) is 11.1 Å². The number of aromatic hydroxyl groups is 1. The Hall–Kier alpha value is -3.13. The molecular formula is C17H11ClFN3O4. The van der Waals surface area contributed by atoms with Gasteiger partial charge in [0.1, 0.15) is 11.6 Å². The normalized spacial score (nSPS) is 21.6. The summed E-state index contributed by atoms with van der Waals surface area (Å²) < 4.78 is 13.3. The molecule has 0 bridgehead atoms. The molecular weight excluding hydrogens is 365 g/mol. The Balaban J connectivity index is 1.87. The van der Waals surface area contributed by atoms with Crippen molar-refractivity contribution in [3.05, 3.63) is 63.9 Å². The highest BCUT2D eigenvalue weighted by Crippen LogP contribution is 2.39. The fourth-order valence-corrected chi connectivity index (χ4v) is 3.44. The fourth-order valence-electron chi connectivity index (χ4n) is 3.28. The molecule has 9 heteroatoms. The summed E-state index contributed by atoms with van der Waals surface area (Å²) in [5.74, 6) is -2.04. The Labute approximate surface area is 151 Å². The second kappa shape index (κ2) is 5.43. The number of carbonyl (C=O) groups excluding carboxylic acids is 3. The van der Waals surface area contributed by atoms with E-state index in [1.54, 1.807) is 0 Å². The zero-order valence-corrected chi connectivity index (χ0v) is 13.8. The lowest BCUT2D eigenvalue weighted by molar-refractivity contribution is -0.130. The van der Waals surface area contributed by atoms with Crippen molar-refractivity contribution in [3.8, 4) is 5.75 Å². The van der Waals surface area contributed by atoms with Crippen LogP contribution in [0.1, 0.15) is 21.5 Å². The molecule has 3 N–H and O–H groups in total. The van der Waals surface area contributed by atoms with Crippen molar-refractivity contribution in [2.75, 3.05) is 0 Å². The molecule has 0 radical (unpaired) electrons. The number of carbonyl (C=O) groups is 3. The van der Waals surface area contributed by atoms with Crippen LogP contribution in [0.4, 0.5) is 9.18 Å². The highest BCUT2D eigenvalue weighted by Gasteiger charge is 2.56. The van der Waals surface area contributed by atoms with Gasteiger partial charge in [-0.1, -0.05) is 23.7 Å². The highest BCUT2D eigenvalue weighted by atomic mass is 35.5. The standard InChI is InChI=1S/C17H11ClFN3O4/c18-12-6-11-8(5-13(12)23)7-22(14(11)24)17(15(25)20-16(26)21-17)9-1-3-10(19)4-2-9/h1-6,23H,7H2,(H2,20,21,25,26)/t17-/m1/s1. The summed E-state index contributed by atoms with van der Waals surface area (Å²) in [5.41, 5.74) is -0.947. The number of hydrogen-bond donors (Lipinski definition) is 3. The summed E-state index contributed by atoms with van der Waals surface area (Å²) in [6.07, 6.45) is 0. The fraction of sp³-hybridized carbons (Fsp3) is 0.118. The molecule has 0 aromatic heterocycles. The maximum absolute atomic E-state index is 13.3. The van der Waals surface area contributed by atoms with Crippen LogP contribution < -0.4 is 10.6 Å². The molecule has 0 saturated carbocycles. The van der Waals surface area contributed by atoms with Crippen LogP contribution >= 0.6 is 11.6 Å². The number of imide groups is 1. The first-order valence-corrected chi connectivity index (χ1v) is 7.93. The van der Waals surface area contributed by atoms with E-state index in [2.05, 4.69) is 10.6 Å². The molecule has 0 aliphatic carbocycles. The molecule has 26 heavy (non-hydrogen) atoms. The number of urea groups is 1. The molecule has 4 amide bonds. The van der Waals surface area contributed by atoms with E-state index in [1.165, 1.54) is 24.3 Å². The Bertz CT molecular complexity index is 979. The molecule has 7 nitrogen and oxygen atoms in total. The van der Waals surface area contributed by atoms with Crippen LogP contribution in [0.15, 0.2) is 36.4 Å². The molecule has 1 fully saturated rings. The van der Waals surface area contributed by atoms with Crippen molar-refractivity contribution in [1.82, 2.24) is 15.5 Å². The minimum Gasteiger partial charge on any atom is -0.506 e. The molecule has 2 aliphatic rings. The Morgan fingerprint density at radius 3 is 2.46 bits per heavy atom. The van der Waals surface area contributed by atoms with Gasteiger partial charge in [0.2, 0.25) is 5.66 Å². The number of phenolic OH excluding ortho intramolecular Hbond substituents is 1. The number of fused-ring (bicyclic) bond motifs is 1. The third kappa shape index (κ3) is 2.15. The summed E-state index contributed by atoms with van der Waals surface area (Å²) >= 11 is 5.87. The third-order valence-electron chi connectivity index (χ3n) is 4.49. The Morgan fingerprint density at radius 1 is 1.15 bits per heavy atom. The molecule has 2 aromatic carbocycles. The molecule has 0 spiro atoms. The van der Waals surface area contributed by atoms with E-state index in [0.29, 0.717) is 5.56 Å². The van der Waals surface area contributed by atoms with Crippen LogP contribution in [0, 0.1) is 5.82 Å². The maximum Gasteiger partial charge on any atom is 0.324 e. The van der Waals surface area contributed by atoms with Gasteiger partial charge in [0.25, 0.3) is 11.8 Å². The topological polar surface area (TPSA) is 98.7 Å². The Morgan fingerprint density at radius 2 is 1.85 bits per heavy atom. The summed E-state index contributed by atoms with van der Waals surface area (Å²) in [7, 11) is 0. The van der Waals surface area contributed by atoms with Gasteiger partial charge < -0.3 is 10.4 Å². The van der Waals surface area contributed by atoms with Gasteiger partial charge in [-0.3, -0.25) is 19.8 Å². The number of nitrogens with zero attached hydrogens (tertiary/aromatic N) is 1. The molecule has 1 saturated heterocycles. The minimum absolute atomic E-state index is 0.00492. The molecule has 2 aliphatic heterocycles. The highest BCUT2D eigenvalue weighted by molar-refractivity contribution is 6.32. The maximum atomic E-state index is 13.3. The second-order valence-corrected chi connectivity index (χ2v) is 6.38. The van der Waals surface area contributed by atoms with Gasteiger partial charge in [0.05, 0.1) is 11.6 Å². The number of rotatable bonds is 2. The quantitative estimate of drug-likeness (QED) is 0.697. The summed E-state index contributed by atoms with van der Waals surface area (Å²) in [6.45, 7) is -0.0516. The van der Waals surface area contributed by atoms with Crippen molar-refractivity contribution in [1.29, 1.82) is 0 Å². The first-order chi connectivity index (χ1) is 12.3. The number of benzene rings is 2. The number of hydrogen-bond acceptors (Lipinski definition) is 4. The van der Waals surface area contributed by atoms with Crippen LogP contribution in [-0.4, -0.2) is 27.9 Å². The van der Waals surface area contributed by atoms with Gasteiger partial charge in [-0.2, -0.15) is 0 Å². The van der Waals surface area contributed by atoms with E-state index in [9.17, 15) is 23.9 Å². The lowest BCUT2D eigenvalue weighted by Crippen LogP contribution is -2.58. The van der Waals surface area contributed by atoms with Gasteiger partial charge >= 0.3 is 6.03 Å². The van der Waals surface area contributed by atoms with Gasteiger partial charge in [0.15, 0.2) is 0 Å². The van der Waals surface area contributed by atoms with E-state index in [0.717, 1.165) is 17.0 Å². The van der Waals surface area contributed by atoms with E-state index in [1.807, 2.05) is 0 Å². The predicted octanol–water partition coefficient (Wildman–Crippen LogP) is 1.83. The third-order valence-corrected chi connectivity index (χ3v) is 4.80. The average molecular weight is 376 g/mol. The second-order valence-electron chi connectivity index (χ2n) is 5.98. The van der Waals surface area contributed by atoms with Crippen LogP contribution in [0.3, 0.4) is 0 Å². The van der Waals surface area contributed by atoms with Gasteiger partial charge in [-0.05, 0) is 29.8 Å². The smallest absolute Gasteiger partial charge is 0.324 e. The molecule has 132 valence electrons. The number of amides is 4. The number of nitrogens with one attached hydrogen (secondary N) is 2. The molecule has 2 heterocycles. The Kier molecular flexibility index (Phi) is 3.42. The van der Waals surface area contributed by atoms with Crippen molar-refractivity contribution < 1.29 is 23.9 Å². The lowest BCUT2D eigenvalue weighted by atomic mass is 9.97. The van der Waals surface area contributed by atoms with Crippen molar-refractivity contribution in [3.63, 3.8) is 0 Å². The van der Waals surface area contributed by atoms with Crippen LogP contribution in [0.5, 0.6) is 5.75 Å². The number of halogens is 2. The van der Waals surface area contributed by atoms with E-state index >= 15 is 0 Å². The molecule has 1 atom stereocenters. The SMILES string of the molecule is O=C1NC(=O)[C@@](c2ccc(F)cc2)(N2Cc3cc(O)c(Cl)cc3C2=O)N1. The van der Waals surface area contributed by atoms with E-state index in [-0.39, 0.29) is 28.4 Å². The lowest BCUT2D eigenvalue weighted by Gasteiger charge is -2.35. The van der Waals surface area contributed by atoms with E-state index < -0.39 is 29.3 Å². The van der Waals surface area contributed by atoms with Crippen molar-refractivity contribution in [2.45, 2.75) is 12.2 Å².